The van der Waals surface area contributed by atoms with Crippen LogP contribution in [0.4, 0.5) is 4.79 Å². The molecule has 1 aliphatic heterocycles. The molecule has 1 amide bonds. The van der Waals surface area contributed by atoms with Gasteiger partial charge in [0, 0.05) is 0 Å². The largest absolute Gasteiger partial charge is 0.508 e. The molecule has 5 nitrogen and oxygen atoms in total. The van der Waals surface area contributed by atoms with E-state index < -0.39 is 11.8 Å². The van der Waals surface area contributed by atoms with Crippen LogP contribution in [-0.4, -0.2) is 39.6 Å². The summed E-state index contributed by atoms with van der Waals surface area (Å²) in [7, 11) is 0. The van der Waals surface area contributed by atoms with Crippen LogP contribution >= 0.6 is 0 Å². The van der Waals surface area contributed by atoms with E-state index in [2.05, 4.69) is 0 Å². The van der Waals surface area contributed by atoms with Gasteiger partial charge in [-0.1, -0.05) is 12.1 Å². The molecule has 98 valence electrons. The monoisotopic (exact) mass is 251 g/mol. The van der Waals surface area contributed by atoms with E-state index in [0.717, 1.165) is 5.56 Å². The van der Waals surface area contributed by atoms with Crippen molar-refractivity contribution in [2.75, 3.05) is 6.61 Å². The molecule has 2 rings (SSSR count). The summed E-state index contributed by atoms with van der Waals surface area (Å²) < 4.78 is 5.52. The van der Waals surface area contributed by atoms with Gasteiger partial charge in [-0.2, -0.15) is 0 Å². The van der Waals surface area contributed by atoms with Gasteiger partial charge in [-0.25, -0.2) is 4.79 Å². The van der Waals surface area contributed by atoms with Gasteiger partial charge < -0.3 is 14.9 Å². The van der Waals surface area contributed by atoms with Gasteiger partial charge in [-0.3, -0.25) is 4.90 Å². The number of nitrogens with zero attached hydrogens (tertiary/aromatic N) is 1. The van der Waals surface area contributed by atoms with Crippen LogP contribution in [0, 0.1) is 0 Å². The van der Waals surface area contributed by atoms with Gasteiger partial charge in [-0.05, 0) is 38.0 Å². The van der Waals surface area contributed by atoms with Gasteiger partial charge >= 0.3 is 6.09 Å². The summed E-state index contributed by atoms with van der Waals surface area (Å²) in [5.41, 5.74) is 0.193. The minimum absolute atomic E-state index is 0.193. The number of rotatable bonds is 2. The third-order valence-electron chi connectivity index (χ3n) is 3.19. The molecular weight excluding hydrogens is 234 g/mol. The van der Waals surface area contributed by atoms with Crippen LogP contribution < -0.4 is 0 Å². The minimum Gasteiger partial charge on any atom is -0.508 e. The van der Waals surface area contributed by atoms with E-state index in [9.17, 15) is 15.0 Å². The molecule has 1 fully saturated rings. The van der Waals surface area contributed by atoms with Gasteiger partial charge in [-0.15, -0.1) is 0 Å². The summed E-state index contributed by atoms with van der Waals surface area (Å²) in [5, 5.41) is 18.5. The highest BCUT2D eigenvalue weighted by molar-refractivity contribution is 5.66. The highest BCUT2D eigenvalue weighted by Gasteiger charge is 2.43. The molecule has 1 atom stereocenters. The summed E-state index contributed by atoms with van der Waals surface area (Å²) in [5.74, 6) is 0.205. The molecule has 0 radical (unpaired) electrons. The SMILES string of the molecule is CC1(C)OC[C@H](Cc2ccc(O)cc2)N1C(=O)O. The van der Waals surface area contributed by atoms with E-state index in [-0.39, 0.29) is 11.8 Å². The molecule has 5 heteroatoms. The number of amides is 1. The standard InChI is InChI=1S/C13H17NO4/c1-13(2)14(12(16)17)10(8-18-13)7-9-3-5-11(15)6-4-9/h3-6,10,15H,7-8H2,1-2H3,(H,16,17)/t10-/m0/s1. The van der Waals surface area contributed by atoms with Gasteiger partial charge in [0.25, 0.3) is 0 Å². The Balaban J connectivity index is 2.14. The fourth-order valence-corrected chi connectivity index (χ4v) is 2.32. The van der Waals surface area contributed by atoms with Crippen LogP contribution in [-0.2, 0) is 11.2 Å². The van der Waals surface area contributed by atoms with E-state index in [1.54, 1.807) is 38.1 Å². The predicted molar refractivity (Wildman–Crippen MR) is 65.5 cm³/mol. The first-order valence-corrected chi connectivity index (χ1v) is 5.84. The Bertz CT molecular complexity index is 441. The fourth-order valence-electron chi connectivity index (χ4n) is 2.32. The number of hydrogen-bond donors (Lipinski definition) is 2. The van der Waals surface area contributed by atoms with Crippen molar-refractivity contribution in [3.63, 3.8) is 0 Å². The lowest BCUT2D eigenvalue weighted by Gasteiger charge is -2.31. The van der Waals surface area contributed by atoms with Crippen LogP contribution in [0.5, 0.6) is 5.75 Å². The maximum atomic E-state index is 11.3. The average molecular weight is 251 g/mol. The molecule has 0 saturated carbocycles. The molecule has 1 saturated heterocycles. The number of aromatic hydroxyl groups is 1. The second-order valence-corrected chi connectivity index (χ2v) is 4.93. The number of phenols is 1. The van der Waals surface area contributed by atoms with Gasteiger partial charge in [0.2, 0.25) is 0 Å². The number of hydrogen-bond acceptors (Lipinski definition) is 3. The Morgan fingerprint density at radius 2 is 2.06 bits per heavy atom. The zero-order chi connectivity index (χ0) is 13.3. The van der Waals surface area contributed by atoms with E-state index in [0.29, 0.717) is 13.0 Å². The summed E-state index contributed by atoms with van der Waals surface area (Å²) >= 11 is 0. The smallest absolute Gasteiger partial charge is 0.409 e. The van der Waals surface area contributed by atoms with Crippen molar-refractivity contribution < 1.29 is 19.7 Å². The molecule has 2 N–H and O–H groups in total. The lowest BCUT2D eigenvalue weighted by Crippen LogP contribution is -2.47. The maximum absolute atomic E-state index is 11.3. The van der Waals surface area contributed by atoms with Crippen LogP contribution in [0.15, 0.2) is 24.3 Å². The summed E-state index contributed by atoms with van der Waals surface area (Å²) in [6.45, 7) is 3.88. The zero-order valence-electron chi connectivity index (χ0n) is 10.5. The lowest BCUT2D eigenvalue weighted by molar-refractivity contribution is -0.0419. The van der Waals surface area contributed by atoms with Crippen LogP contribution in [0.1, 0.15) is 19.4 Å². The lowest BCUT2D eigenvalue weighted by atomic mass is 10.1. The van der Waals surface area contributed by atoms with Crippen LogP contribution in [0.25, 0.3) is 0 Å². The molecule has 1 aliphatic rings. The highest BCUT2D eigenvalue weighted by Crippen LogP contribution is 2.29. The number of benzene rings is 1. The van der Waals surface area contributed by atoms with Crippen molar-refractivity contribution >= 4 is 6.09 Å². The van der Waals surface area contributed by atoms with E-state index in [4.69, 9.17) is 4.74 Å². The molecular formula is C13H17NO4. The van der Waals surface area contributed by atoms with Gasteiger partial charge in [0.1, 0.15) is 11.5 Å². The van der Waals surface area contributed by atoms with Crippen LogP contribution in [0.3, 0.4) is 0 Å². The first kappa shape index (κ1) is 12.7. The number of carbonyl (C=O) groups is 1. The molecule has 18 heavy (non-hydrogen) atoms. The summed E-state index contributed by atoms with van der Waals surface area (Å²) in [6.07, 6.45) is -0.392. The molecule has 1 aromatic rings. The normalized spacial score (nSPS) is 22.1. The molecule has 1 aromatic carbocycles. The van der Waals surface area contributed by atoms with E-state index in [1.165, 1.54) is 4.90 Å². The van der Waals surface area contributed by atoms with Crippen molar-refractivity contribution in [3.8, 4) is 5.75 Å². The molecule has 0 aromatic heterocycles. The second kappa shape index (κ2) is 4.49. The Kier molecular flexibility index (Phi) is 3.17. The minimum atomic E-state index is -0.971. The number of phenolic OH excluding ortho intramolecular Hbond substituents is 1. The average Bonchev–Trinajstić information content (AvgIpc) is 2.57. The molecule has 0 bridgehead atoms. The van der Waals surface area contributed by atoms with Crippen molar-refractivity contribution in [1.29, 1.82) is 0 Å². The highest BCUT2D eigenvalue weighted by atomic mass is 16.5. The number of carboxylic acid groups (broad SMARTS) is 1. The molecule has 0 spiro atoms. The summed E-state index contributed by atoms with van der Waals surface area (Å²) in [6, 6.07) is 6.59. The fraction of sp³-hybridized carbons (Fsp3) is 0.462. The molecule has 0 unspecified atom stereocenters. The van der Waals surface area contributed by atoms with Crippen molar-refractivity contribution in [3.05, 3.63) is 29.8 Å². The predicted octanol–water partition coefficient (Wildman–Crippen LogP) is 2.05. The number of ether oxygens (including phenoxy) is 1. The van der Waals surface area contributed by atoms with Gasteiger partial charge in [0.15, 0.2) is 0 Å². The zero-order valence-corrected chi connectivity index (χ0v) is 10.5. The second-order valence-electron chi connectivity index (χ2n) is 4.93. The maximum Gasteiger partial charge on any atom is 0.409 e. The third kappa shape index (κ3) is 2.41. The van der Waals surface area contributed by atoms with E-state index >= 15 is 0 Å². The Morgan fingerprint density at radius 1 is 1.44 bits per heavy atom. The first-order valence-electron chi connectivity index (χ1n) is 5.84. The third-order valence-corrected chi connectivity index (χ3v) is 3.19. The van der Waals surface area contributed by atoms with Crippen molar-refractivity contribution in [2.45, 2.75) is 32.0 Å². The quantitative estimate of drug-likeness (QED) is 0.844. The van der Waals surface area contributed by atoms with Crippen molar-refractivity contribution in [1.82, 2.24) is 4.90 Å². The van der Waals surface area contributed by atoms with E-state index in [1.807, 2.05) is 0 Å². The van der Waals surface area contributed by atoms with Crippen LogP contribution in [0.2, 0.25) is 0 Å². The van der Waals surface area contributed by atoms with Crippen molar-refractivity contribution in [2.24, 2.45) is 0 Å². The summed E-state index contributed by atoms with van der Waals surface area (Å²) in [4.78, 5) is 12.6. The Labute approximate surface area is 106 Å². The van der Waals surface area contributed by atoms with Gasteiger partial charge in [0.05, 0.1) is 12.6 Å². The molecule has 0 aliphatic carbocycles. The Morgan fingerprint density at radius 3 is 2.61 bits per heavy atom. The Hall–Kier alpha value is -1.75. The molecule has 1 heterocycles. The topological polar surface area (TPSA) is 70.0 Å². The first-order chi connectivity index (χ1) is 8.40.